The average Bonchev–Trinajstić information content (AvgIpc) is 3.08. The van der Waals surface area contributed by atoms with Gasteiger partial charge in [-0.05, 0) is 60.7 Å². The van der Waals surface area contributed by atoms with Gasteiger partial charge in [-0.2, -0.15) is 0 Å². The van der Waals surface area contributed by atoms with Crippen molar-refractivity contribution in [3.05, 3.63) is 34.1 Å². The molecule has 1 saturated carbocycles. The highest BCUT2D eigenvalue weighted by atomic mass is 79.9. The van der Waals surface area contributed by atoms with Gasteiger partial charge in [0, 0.05) is 17.1 Å². The van der Waals surface area contributed by atoms with Crippen molar-refractivity contribution in [3.63, 3.8) is 0 Å². The third-order valence-electron chi connectivity index (χ3n) is 3.21. The Morgan fingerprint density at radius 1 is 1.50 bits per heavy atom. The Morgan fingerprint density at radius 2 is 2.17 bits per heavy atom. The lowest BCUT2D eigenvalue weighted by Gasteiger charge is -2.27. The van der Waals surface area contributed by atoms with E-state index in [4.69, 9.17) is 0 Å². The molecule has 1 aliphatic rings. The molecular formula is C14H17BrFNO. The molecule has 18 heavy (non-hydrogen) atoms. The molecule has 0 unspecified atom stereocenters. The predicted molar refractivity (Wildman–Crippen MR) is 73.0 cm³/mol. The van der Waals surface area contributed by atoms with E-state index in [0.717, 1.165) is 6.54 Å². The lowest BCUT2D eigenvalue weighted by Crippen LogP contribution is -2.39. The molecule has 0 saturated heterocycles. The van der Waals surface area contributed by atoms with Crippen molar-refractivity contribution >= 4 is 21.8 Å². The molecule has 4 heteroatoms. The number of nitrogens with zero attached hydrogens (tertiary/aromatic N) is 1. The minimum Gasteiger partial charge on any atom is -0.336 e. The molecule has 0 N–H and O–H groups in total. The average molecular weight is 314 g/mol. The van der Waals surface area contributed by atoms with Gasteiger partial charge in [0.2, 0.25) is 0 Å². The van der Waals surface area contributed by atoms with Crippen LogP contribution >= 0.6 is 15.9 Å². The quantitative estimate of drug-likeness (QED) is 0.827. The van der Waals surface area contributed by atoms with Crippen LogP contribution in [0.1, 0.15) is 37.0 Å². The Labute approximate surface area is 115 Å². The summed E-state index contributed by atoms with van der Waals surface area (Å²) in [6.45, 7) is 4.67. The van der Waals surface area contributed by atoms with E-state index in [-0.39, 0.29) is 17.5 Å². The molecular weight excluding hydrogens is 297 g/mol. The number of amides is 1. The van der Waals surface area contributed by atoms with Crippen LogP contribution in [-0.4, -0.2) is 23.4 Å². The summed E-state index contributed by atoms with van der Waals surface area (Å²) in [4.78, 5) is 14.2. The molecule has 0 aliphatic heterocycles. The highest BCUT2D eigenvalue weighted by Crippen LogP contribution is 2.31. The summed E-state index contributed by atoms with van der Waals surface area (Å²) in [6.07, 6.45) is 2.35. The van der Waals surface area contributed by atoms with E-state index in [1.807, 2.05) is 13.8 Å². The second kappa shape index (κ2) is 5.39. The lowest BCUT2D eigenvalue weighted by atomic mass is 10.1. The van der Waals surface area contributed by atoms with Crippen LogP contribution in [0.25, 0.3) is 0 Å². The summed E-state index contributed by atoms with van der Waals surface area (Å²) in [5.41, 5.74) is 0.145. The number of hydrogen-bond donors (Lipinski definition) is 0. The fourth-order valence-electron chi connectivity index (χ4n) is 1.95. The number of hydrogen-bond acceptors (Lipinski definition) is 1. The third-order valence-corrected chi connectivity index (χ3v) is 3.87. The van der Waals surface area contributed by atoms with E-state index in [2.05, 4.69) is 15.9 Å². The van der Waals surface area contributed by atoms with Crippen molar-refractivity contribution in [1.82, 2.24) is 4.90 Å². The SMILES string of the molecule is CC(C)N(CC1CC1)C(=O)c1c(F)cccc1Br. The van der Waals surface area contributed by atoms with Crippen LogP contribution in [0.2, 0.25) is 0 Å². The van der Waals surface area contributed by atoms with Gasteiger partial charge in [-0.3, -0.25) is 4.79 Å². The van der Waals surface area contributed by atoms with Crippen molar-refractivity contribution in [2.75, 3.05) is 6.54 Å². The molecule has 1 fully saturated rings. The van der Waals surface area contributed by atoms with Crippen molar-refractivity contribution in [2.24, 2.45) is 5.92 Å². The third kappa shape index (κ3) is 2.91. The maximum Gasteiger partial charge on any atom is 0.258 e. The summed E-state index contributed by atoms with van der Waals surface area (Å²) >= 11 is 3.26. The molecule has 98 valence electrons. The first-order chi connectivity index (χ1) is 8.50. The number of halogens is 2. The van der Waals surface area contributed by atoms with Gasteiger partial charge < -0.3 is 4.90 Å². The Bertz CT molecular complexity index is 437. The summed E-state index contributed by atoms with van der Waals surface area (Å²) < 4.78 is 14.3. The molecule has 1 amide bonds. The number of rotatable bonds is 4. The zero-order valence-corrected chi connectivity index (χ0v) is 12.2. The van der Waals surface area contributed by atoms with Crippen molar-refractivity contribution in [3.8, 4) is 0 Å². The molecule has 0 atom stereocenters. The Morgan fingerprint density at radius 3 is 2.67 bits per heavy atom. The smallest absolute Gasteiger partial charge is 0.258 e. The molecule has 0 radical (unpaired) electrons. The van der Waals surface area contributed by atoms with E-state index in [0.29, 0.717) is 10.4 Å². The van der Waals surface area contributed by atoms with E-state index >= 15 is 0 Å². The second-order valence-corrected chi connectivity index (χ2v) is 5.95. The monoisotopic (exact) mass is 313 g/mol. The van der Waals surface area contributed by atoms with Crippen LogP contribution in [0.4, 0.5) is 4.39 Å². The van der Waals surface area contributed by atoms with Crippen LogP contribution in [0.5, 0.6) is 0 Å². The standard InChI is InChI=1S/C14H17BrFNO/c1-9(2)17(8-10-6-7-10)14(18)13-11(15)4-3-5-12(13)16/h3-5,9-10H,6-8H2,1-2H3. The summed E-state index contributed by atoms with van der Waals surface area (Å²) in [7, 11) is 0. The normalized spacial score (nSPS) is 14.9. The van der Waals surface area contributed by atoms with Gasteiger partial charge in [0.15, 0.2) is 0 Å². The van der Waals surface area contributed by atoms with Gasteiger partial charge in [-0.15, -0.1) is 0 Å². The molecule has 0 heterocycles. The first-order valence-corrected chi connectivity index (χ1v) is 7.05. The minimum absolute atomic E-state index is 0.0876. The molecule has 2 nitrogen and oxygen atoms in total. The van der Waals surface area contributed by atoms with Gasteiger partial charge >= 0.3 is 0 Å². The highest BCUT2D eigenvalue weighted by molar-refractivity contribution is 9.10. The fourth-order valence-corrected chi connectivity index (χ4v) is 2.46. The van der Waals surface area contributed by atoms with Crippen LogP contribution < -0.4 is 0 Å². The van der Waals surface area contributed by atoms with Crippen LogP contribution in [0.15, 0.2) is 22.7 Å². The van der Waals surface area contributed by atoms with Gasteiger partial charge in [-0.25, -0.2) is 4.39 Å². The van der Waals surface area contributed by atoms with Gasteiger partial charge in [0.25, 0.3) is 5.91 Å². The molecule has 0 spiro atoms. The molecule has 2 rings (SSSR count). The maximum atomic E-state index is 13.8. The summed E-state index contributed by atoms with van der Waals surface area (Å²) in [5, 5.41) is 0. The van der Waals surface area contributed by atoms with Gasteiger partial charge in [0.1, 0.15) is 5.82 Å². The van der Waals surface area contributed by atoms with Crippen LogP contribution in [0, 0.1) is 11.7 Å². The van der Waals surface area contributed by atoms with Crippen molar-refractivity contribution < 1.29 is 9.18 Å². The molecule has 1 aromatic rings. The number of benzene rings is 1. The Kier molecular flexibility index (Phi) is 4.05. The summed E-state index contributed by atoms with van der Waals surface area (Å²) in [5.74, 6) is -0.0837. The van der Waals surface area contributed by atoms with Crippen molar-refractivity contribution in [2.45, 2.75) is 32.7 Å². The first-order valence-electron chi connectivity index (χ1n) is 6.25. The lowest BCUT2D eigenvalue weighted by molar-refractivity contribution is 0.0690. The van der Waals surface area contributed by atoms with E-state index in [1.54, 1.807) is 17.0 Å². The maximum absolute atomic E-state index is 13.8. The first kappa shape index (κ1) is 13.5. The van der Waals surface area contributed by atoms with E-state index in [1.165, 1.54) is 18.9 Å². The van der Waals surface area contributed by atoms with Gasteiger partial charge in [0.05, 0.1) is 5.56 Å². The van der Waals surface area contributed by atoms with E-state index < -0.39 is 5.82 Å². The van der Waals surface area contributed by atoms with Crippen LogP contribution in [-0.2, 0) is 0 Å². The fraction of sp³-hybridized carbons (Fsp3) is 0.500. The Balaban J connectivity index is 2.26. The Hall–Kier alpha value is -0.900. The predicted octanol–water partition coefficient (Wildman–Crippen LogP) is 3.85. The topological polar surface area (TPSA) is 20.3 Å². The molecule has 0 aromatic heterocycles. The molecule has 1 aromatic carbocycles. The zero-order valence-electron chi connectivity index (χ0n) is 10.6. The van der Waals surface area contributed by atoms with Crippen molar-refractivity contribution in [1.29, 1.82) is 0 Å². The summed E-state index contributed by atoms with van der Waals surface area (Å²) in [6, 6.07) is 4.71. The minimum atomic E-state index is -0.462. The largest absolute Gasteiger partial charge is 0.336 e. The highest BCUT2D eigenvalue weighted by Gasteiger charge is 2.30. The molecule has 1 aliphatic carbocycles. The second-order valence-electron chi connectivity index (χ2n) is 5.09. The van der Waals surface area contributed by atoms with Gasteiger partial charge in [-0.1, -0.05) is 6.07 Å². The molecule has 0 bridgehead atoms. The number of carbonyl (C=O) groups is 1. The number of carbonyl (C=O) groups excluding carboxylic acids is 1. The van der Waals surface area contributed by atoms with Crippen LogP contribution in [0.3, 0.4) is 0 Å². The van der Waals surface area contributed by atoms with E-state index in [9.17, 15) is 9.18 Å². The zero-order chi connectivity index (χ0) is 13.3.